The number of fused-ring (bicyclic) bond motifs is 1. The third-order valence-corrected chi connectivity index (χ3v) is 10.2. The normalized spacial score (nSPS) is 22.5. The van der Waals surface area contributed by atoms with Crippen molar-refractivity contribution < 1.29 is 44.2 Å². The van der Waals surface area contributed by atoms with Crippen LogP contribution in [0.15, 0.2) is 113 Å². The lowest BCUT2D eigenvalue weighted by Gasteiger charge is -2.47. The number of allylic oxidation sites excluding steroid dienone is 1. The number of ether oxygens (including phenoxy) is 2. The van der Waals surface area contributed by atoms with Gasteiger partial charge in [0.15, 0.2) is 17.1 Å². The molecule has 0 aliphatic carbocycles. The van der Waals surface area contributed by atoms with Crippen LogP contribution < -0.4 is 20.8 Å². The van der Waals surface area contributed by atoms with Gasteiger partial charge in [0.25, 0.3) is 0 Å². The maximum absolute atomic E-state index is 13.3. The molecule has 13 nitrogen and oxygen atoms in total. The zero-order chi connectivity index (χ0) is 39.0. The van der Waals surface area contributed by atoms with Crippen LogP contribution in [0.3, 0.4) is 0 Å². The number of carboxylic acid groups (broad SMARTS) is 1. The first kappa shape index (κ1) is 39.4. The molecule has 0 amide bonds. The fourth-order valence-corrected chi connectivity index (χ4v) is 7.07. The molecule has 1 aliphatic rings. The number of H-pyrrole nitrogens is 1. The van der Waals surface area contributed by atoms with Crippen LogP contribution in [-0.4, -0.2) is 93.4 Å². The molecule has 0 spiro atoms. The minimum atomic E-state index is -2.32. The van der Waals surface area contributed by atoms with Crippen molar-refractivity contribution in [3.63, 3.8) is 0 Å². The van der Waals surface area contributed by atoms with Crippen LogP contribution in [0.5, 0.6) is 11.5 Å². The van der Waals surface area contributed by atoms with E-state index in [0.717, 1.165) is 30.5 Å². The molecule has 8 N–H and O–H groups in total. The van der Waals surface area contributed by atoms with Crippen molar-refractivity contribution in [2.45, 2.75) is 49.5 Å². The van der Waals surface area contributed by atoms with Gasteiger partial charge < -0.3 is 55.0 Å². The summed E-state index contributed by atoms with van der Waals surface area (Å²) in [5.74, 6) is -1.19. The highest BCUT2D eigenvalue weighted by Gasteiger charge is 2.58. The predicted octanol–water partition coefficient (Wildman–Crippen LogP) is 3.91. The Bertz CT molecular complexity index is 2090. The summed E-state index contributed by atoms with van der Waals surface area (Å²) in [6.07, 6.45) is 4.08. The molecule has 7 atom stereocenters. The number of carboxylic acids is 1. The van der Waals surface area contributed by atoms with E-state index >= 15 is 0 Å². The number of aromatic amines is 1. The van der Waals surface area contributed by atoms with E-state index in [0.29, 0.717) is 18.5 Å². The van der Waals surface area contributed by atoms with E-state index in [1.807, 2.05) is 55.8 Å². The number of aliphatic hydroxyl groups excluding tert-OH is 2. The van der Waals surface area contributed by atoms with Gasteiger partial charge in [-0.25, -0.2) is 4.79 Å². The second-order valence-electron chi connectivity index (χ2n) is 14.0. The lowest BCUT2D eigenvalue weighted by atomic mass is 9.82. The van der Waals surface area contributed by atoms with Gasteiger partial charge in [-0.3, -0.25) is 4.79 Å². The zero-order valence-corrected chi connectivity index (χ0v) is 30.4. The number of rotatable bonds is 17. The van der Waals surface area contributed by atoms with E-state index in [4.69, 9.17) is 13.9 Å². The maximum Gasteiger partial charge on any atom is 0.335 e. The number of carbonyl (C=O) groups is 1. The van der Waals surface area contributed by atoms with Crippen LogP contribution in [0.1, 0.15) is 24.0 Å². The summed E-state index contributed by atoms with van der Waals surface area (Å²) in [5.41, 5.74) is 0.494. The summed E-state index contributed by atoms with van der Waals surface area (Å²) in [5, 5.41) is 60.4. The molecule has 1 aliphatic heterocycles. The highest BCUT2D eigenvalue weighted by molar-refractivity contribution is 5.82. The molecular weight excluding hydrogens is 706 g/mol. The number of hydrogen-bond acceptors (Lipinski definition) is 11. The van der Waals surface area contributed by atoms with Gasteiger partial charge in [-0.05, 0) is 98.3 Å². The summed E-state index contributed by atoms with van der Waals surface area (Å²) < 4.78 is 17.5. The molecule has 0 radical (unpaired) electrons. The summed E-state index contributed by atoms with van der Waals surface area (Å²) in [6, 6.07) is 22.4. The average Bonchev–Trinajstić information content (AvgIpc) is 3.70. The first-order chi connectivity index (χ1) is 26.6. The van der Waals surface area contributed by atoms with Crippen LogP contribution in [0, 0.1) is 11.8 Å². The van der Waals surface area contributed by atoms with Crippen LogP contribution in [0.4, 0.5) is 0 Å². The van der Waals surface area contributed by atoms with Gasteiger partial charge in [0.1, 0.15) is 35.6 Å². The van der Waals surface area contributed by atoms with Gasteiger partial charge in [0, 0.05) is 25.0 Å². The van der Waals surface area contributed by atoms with Gasteiger partial charge in [-0.1, -0.05) is 54.6 Å². The first-order valence-electron chi connectivity index (χ1n) is 18.2. The number of nitrogens with one attached hydrogen (secondary N) is 3. The number of aliphatic carboxylic acids is 1. The molecule has 0 bridgehead atoms. The van der Waals surface area contributed by atoms with Gasteiger partial charge in [0.05, 0.1) is 10.9 Å². The molecule has 1 saturated heterocycles. The Morgan fingerprint density at radius 2 is 1.84 bits per heavy atom. The van der Waals surface area contributed by atoms with Gasteiger partial charge in [-0.2, -0.15) is 0 Å². The topological polar surface area (TPSA) is 207 Å². The molecule has 55 heavy (non-hydrogen) atoms. The fraction of sp³-hybridized carbons (Fsp3) is 0.333. The molecule has 6 rings (SSSR count). The fourth-order valence-electron chi connectivity index (χ4n) is 7.07. The Morgan fingerprint density at radius 3 is 2.55 bits per heavy atom. The van der Waals surface area contributed by atoms with Crippen molar-refractivity contribution >= 4 is 23.0 Å². The minimum Gasteiger partial charge on any atom is -0.508 e. The Labute approximate surface area is 317 Å². The van der Waals surface area contributed by atoms with Crippen LogP contribution in [0.2, 0.25) is 0 Å². The molecule has 3 heterocycles. The van der Waals surface area contributed by atoms with Crippen LogP contribution in [-0.2, 0) is 16.0 Å². The molecule has 13 heteroatoms. The molecule has 2 aromatic heterocycles. The van der Waals surface area contributed by atoms with Gasteiger partial charge in [-0.15, -0.1) is 0 Å². The van der Waals surface area contributed by atoms with Crippen molar-refractivity contribution in [1.29, 1.82) is 0 Å². The Balaban J connectivity index is 1.23. The lowest BCUT2D eigenvalue weighted by molar-refractivity contribution is -0.311. The smallest absolute Gasteiger partial charge is 0.335 e. The molecule has 0 saturated carbocycles. The zero-order valence-electron chi connectivity index (χ0n) is 30.4. The van der Waals surface area contributed by atoms with Gasteiger partial charge >= 0.3 is 5.97 Å². The molecule has 3 aromatic carbocycles. The highest BCUT2D eigenvalue weighted by Crippen LogP contribution is 2.34. The standard InChI is InChI=1S/C42H47N3O10/c1-43-18-17-28(9-5-8-26-6-3-2-4-7-26)30(20-27-16-19-44-22-27)23-45-25-42(52)39(49)37(48)38(40(50)51)55-41(42)54-32-14-15-33-35(21-32)53-24-34(36(33)47)29-10-12-31(46)13-11-29/h2-8,10-16,19,21-22,24,28,30,37-39,41,43-46,48-49,52H,9,17-18,20,23,25H2,1H3,(H,50,51)/b8-5+/t28-,30-,37+,38-,39-,41+,42+/m0/s1. The largest absolute Gasteiger partial charge is 0.508 e. The van der Waals surface area contributed by atoms with E-state index in [1.165, 1.54) is 36.6 Å². The molecule has 0 unspecified atom stereocenters. The first-order valence-corrected chi connectivity index (χ1v) is 18.2. The molecule has 290 valence electrons. The van der Waals surface area contributed by atoms with Crippen LogP contribution >= 0.6 is 0 Å². The number of aromatic hydroxyl groups is 1. The summed E-state index contributed by atoms with van der Waals surface area (Å²) in [6.45, 7) is 0.846. The van der Waals surface area contributed by atoms with Crippen LogP contribution in [0.25, 0.3) is 28.2 Å². The second kappa shape index (κ2) is 17.9. The number of hydrogen-bond donors (Lipinski definition) is 8. The molecule has 5 aromatic rings. The van der Waals surface area contributed by atoms with E-state index in [1.54, 1.807) is 12.1 Å². The summed E-state index contributed by atoms with van der Waals surface area (Å²) in [7, 11) is 1.91. The van der Waals surface area contributed by atoms with Crippen molar-refractivity contribution in [1.82, 2.24) is 15.6 Å². The number of phenols is 1. The van der Waals surface area contributed by atoms with E-state index in [2.05, 4.69) is 27.8 Å². The van der Waals surface area contributed by atoms with Crippen molar-refractivity contribution in [3.8, 4) is 22.6 Å². The number of aliphatic hydroxyl groups is 3. The quantitative estimate of drug-likeness (QED) is 0.0681. The Kier molecular flexibility index (Phi) is 12.8. The maximum atomic E-state index is 13.3. The van der Waals surface area contributed by atoms with Gasteiger partial charge in [0.2, 0.25) is 6.29 Å². The average molecular weight is 754 g/mol. The SMILES string of the molecule is CNCC[C@H](C/C=C/c1ccccc1)[C@H](CNC[C@]1(O)[C@H](Oc2ccc3c(=O)c(-c4ccc(O)cc4)coc3c2)O[C@H](C(=O)O)[C@@H](O)[C@@H]1O)Cc1cc[nH]c1. The Morgan fingerprint density at radius 1 is 1.05 bits per heavy atom. The molecular formula is C42H47N3O10. The summed E-state index contributed by atoms with van der Waals surface area (Å²) in [4.78, 5) is 28.5. The third kappa shape index (κ3) is 9.34. The lowest BCUT2D eigenvalue weighted by Crippen LogP contribution is -2.71. The van der Waals surface area contributed by atoms with Crippen molar-refractivity contribution in [3.05, 3.63) is 125 Å². The highest BCUT2D eigenvalue weighted by atomic mass is 16.7. The van der Waals surface area contributed by atoms with E-state index in [9.17, 15) is 35.1 Å². The van der Waals surface area contributed by atoms with Crippen molar-refractivity contribution in [2.24, 2.45) is 11.8 Å². The predicted molar refractivity (Wildman–Crippen MR) is 206 cm³/mol. The second-order valence-corrected chi connectivity index (χ2v) is 14.0. The molecule has 1 fully saturated rings. The Hall–Kier alpha value is -5.28. The summed E-state index contributed by atoms with van der Waals surface area (Å²) >= 11 is 0. The van der Waals surface area contributed by atoms with E-state index < -0.39 is 36.2 Å². The third-order valence-electron chi connectivity index (χ3n) is 10.2. The number of benzene rings is 3. The van der Waals surface area contributed by atoms with E-state index in [-0.39, 0.29) is 51.8 Å². The van der Waals surface area contributed by atoms with Crippen molar-refractivity contribution in [2.75, 3.05) is 26.7 Å². The number of phenolic OH excluding ortho intramolecular Hbond substituents is 1. The monoisotopic (exact) mass is 753 g/mol. The number of aromatic nitrogens is 1. The minimum absolute atomic E-state index is 0.0480.